The molecule has 1 rings (SSSR count). The van der Waals surface area contributed by atoms with Crippen LogP contribution in [-0.4, -0.2) is 6.04 Å². The number of allylic oxidation sites excluding steroid dienone is 2. The third-order valence-electron chi connectivity index (χ3n) is 1.53. The van der Waals surface area contributed by atoms with Crippen molar-refractivity contribution < 1.29 is 4.39 Å². The van der Waals surface area contributed by atoms with E-state index < -0.39 is 0 Å². The van der Waals surface area contributed by atoms with Gasteiger partial charge in [0.25, 0.3) is 0 Å². The maximum atomic E-state index is 12.3. The topological polar surface area (TPSA) is 12.0 Å². The van der Waals surface area contributed by atoms with E-state index in [1.54, 1.807) is 6.08 Å². The summed E-state index contributed by atoms with van der Waals surface area (Å²) < 4.78 is 12.3. The highest BCUT2D eigenvalue weighted by Crippen LogP contribution is 2.09. The Morgan fingerprint density at radius 1 is 1.56 bits per heavy atom. The van der Waals surface area contributed by atoms with E-state index in [4.69, 9.17) is 0 Å². The van der Waals surface area contributed by atoms with Crippen molar-refractivity contribution in [2.75, 3.05) is 0 Å². The van der Waals surface area contributed by atoms with Crippen molar-refractivity contribution in [3.05, 3.63) is 23.7 Å². The van der Waals surface area contributed by atoms with Crippen LogP contribution in [0.1, 0.15) is 13.8 Å². The Morgan fingerprint density at radius 3 is 2.67 bits per heavy atom. The van der Waals surface area contributed by atoms with Gasteiger partial charge in [-0.3, -0.25) is 0 Å². The molecule has 1 atom stereocenters. The fourth-order valence-corrected chi connectivity index (χ4v) is 0.718. The quantitative estimate of drug-likeness (QED) is 0.489. The molecule has 50 valence electrons. The molecule has 0 saturated carbocycles. The van der Waals surface area contributed by atoms with Gasteiger partial charge in [-0.2, -0.15) is 4.39 Å². The van der Waals surface area contributed by atoms with Gasteiger partial charge in [0.1, 0.15) is 0 Å². The van der Waals surface area contributed by atoms with E-state index in [1.165, 1.54) is 6.08 Å². The third kappa shape index (κ3) is 1.31. The van der Waals surface area contributed by atoms with Gasteiger partial charge in [-0.15, -0.1) is 0 Å². The summed E-state index contributed by atoms with van der Waals surface area (Å²) >= 11 is 0. The van der Waals surface area contributed by atoms with Crippen LogP contribution in [0.4, 0.5) is 4.39 Å². The molecule has 0 aliphatic carbocycles. The molecule has 9 heavy (non-hydrogen) atoms. The smallest absolute Gasteiger partial charge is 0.187 e. The van der Waals surface area contributed by atoms with Crippen LogP contribution in [0.3, 0.4) is 0 Å². The van der Waals surface area contributed by atoms with E-state index in [0.29, 0.717) is 0 Å². The second kappa shape index (κ2) is 2.21. The molecule has 1 heterocycles. The molecule has 1 aliphatic rings. The number of hydrogen-bond acceptors (Lipinski definition) is 1. The molecule has 0 spiro atoms. The zero-order valence-electron chi connectivity index (χ0n) is 5.61. The zero-order chi connectivity index (χ0) is 6.85. The van der Waals surface area contributed by atoms with Crippen LogP contribution in [0.2, 0.25) is 0 Å². The number of hydrogen-bond donors (Lipinski definition) is 1. The second-order valence-electron chi connectivity index (χ2n) is 2.29. The van der Waals surface area contributed by atoms with Crippen LogP contribution in [0.25, 0.3) is 0 Å². The van der Waals surface area contributed by atoms with Gasteiger partial charge in [0.05, 0.1) is 0 Å². The highest BCUT2D eigenvalue weighted by molar-refractivity contribution is 5.22. The van der Waals surface area contributed by atoms with Crippen LogP contribution in [0.5, 0.6) is 0 Å². The summed E-state index contributed by atoms with van der Waals surface area (Å²) in [5.41, 5.74) is 1.16. The molecule has 2 heteroatoms. The lowest BCUT2D eigenvalue weighted by Gasteiger charge is -2.16. The van der Waals surface area contributed by atoms with Gasteiger partial charge in [0.2, 0.25) is 0 Å². The van der Waals surface area contributed by atoms with Gasteiger partial charge in [-0.25, -0.2) is 0 Å². The minimum Gasteiger partial charge on any atom is -0.356 e. The number of nitrogens with one attached hydrogen (secondary N) is 1. The van der Waals surface area contributed by atoms with Crippen LogP contribution in [-0.2, 0) is 0 Å². The number of rotatable bonds is 0. The second-order valence-corrected chi connectivity index (χ2v) is 2.29. The molecular weight excluding hydrogens is 117 g/mol. The van der Waals surface area contributed by atoms with Crippen molar-refractivity contribution in [2.24, 2.45) is 0 Å². The molecule has 0 aromatic carbocycles. The van der Waals surface area contributed by atoms with Gasteiger partial charge in [-0.1, -0.05) is 11.6 Å². The van der Waals surface area contributed by atoms with E-state index >= 15 is 0 Å². The van der Waals surface area contributed by atoms with Crippen molar-refractivity contribution in [2.45, 2.75) is 19.9 Å². The molecule has 1 unspecified atom stereocenters. The number of halogens is 1. The molecule has 0 saturated heterocycles. The standard InChI is InChI=1S/C7H10FN/c1-5-3-4-7(8)9-6(5)2/h3-4,6,9H,1-2H3. The van der Waals surface area contributed by atoms with E-state index in [0.717, 1.165) is 5.57 Å². The zero-order valence-corrected chi connectivity index (χ0v) is 5.61. The fraction of sp³-hybridized carbons (Fsp3) is 0.429. The highest BCUT2D eigenvalue weighted by atomic mass is 19.1. The first-order chi connectivity index (χ1) is 4.20. The van der Waals surface area contributed by atoms with Crippen molar-refractivity contribution in [3.8, 4) is 0 Å². The molecular formula is C7H10FN. The van der Waals surface area contributed by atoms with E-state index in [-0.39, 0.29) is 12.0 Å². The normalized spacial score (nSPS) is 26.3. The Morgan fingerprint density at radius 2 is 2.22 bits per heavy atom. The van der Waals surface area contributed by atoms with Crippen molar-refractivity contribution >= 4 is 0 Å². The summed E-state index contributed by atoms with van der Waals surface area (Å²) in [5, 5.41) is 2.66. The average molecular weight is 127 g/mol. The SMILES string of the molecule is CC1=CC=C(F)NC1C. The lowest BCUT2D eigenvalue weighted by atomic mass is 10.1. The first-order valence-electron chi connectivity index (χ1n) is 3.00. The predicted molar refractivity (Wildman–Crippen MR) is 35.5 cm³/mol. The maximum Gasteiger partial charge on any atom is 0.187 e. The van der Waals surface area contributed by atoms with Crippen LogP contribution < -0.4 is 5.32 Å². The van der Waals surface area contributed by atoms with Crippen LogP contribution in [0.15, 0.2) is 23.7 Å². The molecule has 0 aromatic heterocycles. The molecule has 0 aromatic rings. The molecule has 0 bridgehead atoms. The summed E-state index contributed by atoms with van der Waals surface area (Å²) in [7, 11) is 0. The molecule has 1 N–H and O–H groups in total. The van der Waals surface area contributed by atoms with E-state index in [9.17, 15) is 4.39 Å². The molecule has 0 amide bonds. The van der Waals surface area contributed by atoms with Gasteiger partial charge in [-0.05, 0) is 19.9 Å². The summed E-state index contributed by atoms with van der Waals surface area (Å²) in [5.74, 6) is -0.242. The van der Waals surface area contributed by atoms with Crippen molar-refractivity contribution in [1.82, 2.24) is 5.32 Å². The Kier molecular flexibility index (Phi) is 1.56. The number of dihydropyridines is 1. The van der Waals surface area contributed by atoms with Gasteiger partial charge in [0, 0.05) is 6.04 Å². The van der Waals surface area contributed by atoms with Gasteiger partial charge in [0.15, 0.2) is 5.95 Å². The fourth-order valence-electron chi connectivity index (χ4n) is 0.718. The predicted octanol–water partition coefficient (Wildman–Crippen LogP) is 1.74. The minimum atomic E-state index is -0.242. The molecule has 0 fully saturated rings. The van der Waals surface area contributed by atoms with Crippen molar-refractivity contribution in [3.63, 3.8) is 0 Å². The first-order valence-corrected chi connectivity index (χ1v) is 3.00. The van der Waals surface area contributed by atoms with Gasteiger partial charge < -0.3 is 5.32 Å². The summed E-state index contributed by atoms with van der Waals surface area (Å²) in [6.45, 7) is 3.90. The van der Waals surface area contributed by atoms with E-state index in [1.807, 2.05) is 13.8 Å². The Bertz CT molecular complexity index is 170. The molecule has 1 aliphatic heterocycles. The highest BCUT2D eigenvalue weighted by Gasteiger charge is 2.07. The first kappa shape index (κ1) is 6.33. The lowest BCUT2D eigenvalue weighted by molar-refractivity contribution is 0.506. The maximum absolute atomic E-state index is 12.3. The van der Waals surface area contributed by atoms with Crippen molar-refractivity contribution in [1.29, 1.82) is 0 Å². The molecule has 1 nitrogen and oxygen atoms in total. The Balaban J connectivity index is 2.74. The summed E-state index contributed by atoms with van der Waals surface area (Å²) in [6.07, 6.45) is 3.23. The van der Waals surface area contributed by atoms with E-state index in [2.05, 4.69) is 5.32 Å². The van der Waals surface area contributed by atoms with Crippen LogP contribution >= 0.6 is 0 Å². The summed E-state index contributed by atoms with van der Waals surface area (Å²) in [6, 6.07) is 0.148. The van der Waals surface area contributed by atoms with Crippen LogP contribution in [0, 0.1) is 0 Å². The Hall–Kier alpha value is -0.790. The average Bonchev–Trinajstić information content (AvgIpc) is 1.80. The Labute approximate surface area is 54.3 Å². The van der Waals surface area contributed by atoms with Gasteiger partial charge >= 0.3 is 0 Å². The minimum absolute atomic E-state index is 0.148. The summed E-state index contributed by atoms with van der Waals surface area (Å²) in [4.78, 5) is 0. The lowest BCUT2D eigenvalue weighted by Crippen LogP contribution is -2.26. The monoisotopic (exact) mass is 127 g/mol. The third-order valence-corrected chi connectivity index (χ3v) is 1.53. The molecule has 0 radical (unpaired) electrons. The largest absolute Gasteiger partial charge is 0.356 e.